The van der Waals surface area contributed by atoms with Gasteiger partial charge in [0.25, 0.3) is 5.56 Å². The molecule has 0 atom stereocenters. The molecule has 10 heteroatoms. The van der Waals surface area contributed by atoms with E-state index in [-0.39, 0.29) is 17.1 Å². The second-order valence-corrected chi connectivity index (χ2v) is 6.74. The first-order valence-electron chi connectivity index (χ1n) is 9.68. The number of rotatable bonds is 4. The fourth-order valence-corrected chi connectivity index (χ4v) is 3.15. The van der Waals surface area contributed by atoms with E-state index in [0.717, 1.165) is 4.57 Å². The maximum absolute atomic E-state index is 13.3. The molecule has 156 valence electrons. The molecule has 0 saturated heterocycles. The van der Waals surface area contributed by atoms with Crippen molar-refractivity contribution in [2.24, 2.45) is 0 Å². The van der Waals surface area contributed by atoms with Crippen molar-refractivity contribution in [1.29, 1.82) is 0 Å². The Morgan fingerprint density at radius 1 is 0.844 bits per heavy atom. The summed E-state index contributed by atoms with van der Waals surface area (Å²) in [6, 6.07) is 20.9. The van der Waals surface area contributed by atoms with Gasteiger partial charge in [0.05, 0.1) is 5.69 Å². The van der Waals surface area contributed by atoms with E-state index in [1.54, 1.807) is 24.3 Å². The van der Waals surface area contributed by atoms with Crippen molar-refractivity contribution in [3.05, 3.63) is 95.5 Å². The number of carbonyl (C=O) groups is 1. The van der Waals surface area contributed by atoms with Gasteiger partial charge in [-0.15, -0.1) is 5.10 Å². The molecular formula is C22H16N8O2. The number of fused-ring (bicyclic) bond motifs is 1. The molecule has 10 nitrogen and oxygen atoms in total. The number of para-hydroxylation sites is 2. The highest BCUT2D eigenvalue weighted by molar-refractivity contribution is 5.94. The number of nitrogens with zero attached hydrogens (tertiary/aromatic N) is 6. The number of benzene rings is 2. The Morgan fingerprint density at radius 3 is 2.25 bits per heavy atom. The Kier molecular flexibility index (Phi) is 4.85. The number of hydrogen-bond acceptors (Lipinski definition) is 7. The minimum atomic E-state index is -0.691. The maximum Gasteiger partial charge on any atom is 0.335 e. The molecule has 3 heterocycles. The fourth-order valence-electron chi connectivity index (χ4n) is 3.15. The fraction of sp³-hybridized carbons (Fsp3) is 0. The maximum atomic E-state index is 13.3. The van der Waals surface area contributed by atoms with Crippen LogP contribution in [0.1, 0.15) is 0 Å². The lowest BCUT2D eigenvalue weighted by Gasteiger charge is -2.13. The second kappa shape index (κ2) is 8.11. The first kappa shape index (κ1) is 19.1. The van der Waals surface area contributed by atoms with Gasteiger partial charge in [-0.1, -0.05) is 41.6 Å². The smallest absolute Gasteiger partial charge is 0.325 e. The van der Waals surface area contributed by atoms with Gasteiger partial charge >= 0.3 is 6.03 Å². The molecule has 32 heavy (non-hydrogen) atoms. The quantitative estimate of drug-likeness (QED) is 0.455. The van der Waals surface area contributed by atoms with Crippen molar-refractivity contribution in [2.75, 3.05) is 10.6 Å². The Bertz CT molecular complexity index is 1450. The zero-order chi connectivity index (χ0) is 21.9. The van der Waals surface area contributed by atoms with Gasteiger partial charge in [-0.05, 0) is 36.4 Å². The number of nitrogens with one attached hydrogen (secondary N) is 2. The van der Waals surface area contributed by atoms with Crippen molar-refractivity contribution < 1.29 is 4.79 Å². The van der Waals surface area contributed by atoms with E-state index in [4.69, 9.17) is 0 Å². The molecule has 0 aliphatic carbocycles. The molecule has 0 radical (unpaired) electrons. The number of aromatic nitrogens is 6. The van der Waals surface area contributed by atoms with Crippen LogP contribution in [0.15, 0.2) is 90.0 Å². The predicted octanol–water partition coefficient (Wildman–Crippen LogP) is 3.20. The molecule has 1 amide bonds. The summed E-state index contributed by atoms with van der Waals surface area (Å²) in [4.78, 5) is 34.8. The van der Waals surface area contributed by atoms with E-state index in [1.807, 2.05) is 48.5 Å². The summed E-state index contributed by atoms with van der Waals surface area (Å²) in [5, 5.41) is 13.8. The molecule has 5 aromatic rings. The number of amides is 1. The molecule has 3 aromatic heterocycles. The molecule has 0 spiro atoms. The van der Waals surface area contributed by atoms with Gasteiger partial charge < -0.3 is 10.6 Å². The third-order valence-corrected chi connectivity index (χ3v) is 4.64. The number of carbonyl (C=O) groups excluding carboxylic acids is 1. The summed E-state index contributed by atoms with van der Waals surface area (Å²) >= 11 is 0. The summed E-state index contributed by atoms with van der Waals surface area (Å²) in [5.41, 5.74) is 1.37. The van der Waals surface area contributed by atoms with E-state index >= 15 is 0 Å². The molecule has 0 aliphatic heterocycles. The zero-order valence-electron chi connectivity index (χ0n) is 16.6. The molecule has 2 N–H and O–H groups in total. The minimum absolute atomic E-state index is 0.0275. The van der Waals surface area contributed by atoms with Crippen LogP contribution in [0.5, 0.6) is 0 Å². The summed E-state index contributed by atoms with van der Waals surface area (Å²) in [6.45, 7) is 0. The Hall–Kier alpha value is -4.86. The van der Waals surface area contributed by atoms with Crippen LogP contribution < -0.4 is 16.2 Å². The van der Waals surface area contributed by atoms with E-state index in [2.05, 4.69) is 30.9 Å². The Balaban J connectivity index is 1.67. The first-order valence-corrected chi connectivity index (χ1v) is 9.68. The highest BCUT2D eigenvalue weighted by Crippen LogP contribution is 2.18. The van der Waals surface area contributed by atoms with E-state index in [0.29, 0.717) is 17.1 Å². The van der Waals surface area contributed by atoms with Crippen LogP contribution in [0.4, 0.5) is 22.1 Å². The van der Waals surface area contributed by atoms with Crippen molar-refractivity contribution in [3.63, 3.8) is 0 Å². The highest BCUT2D eigenvalue weighted by Gasteiger charge is 2.22. The van der Waals surface area contributed by atoms with Crippen LogP contribution in [0.2, 0.25) is 0 Å². The standard InChI is InChI=1S/C22H16N8O2/c31-20-18-19(30(28-27-18)17-9-5-2-6-10-17)26-21(24-15-7-3-1-4-8-15)29(20)22(32)25-16-11-13-23-14-12-16/h1-14H,(H,24,26)(H,23,25,32). The Morgan fingerprint density at radius 2 is 1.53 bits per heavy atom. The van der Waals surface area contributed by atoms with Gasteiger partial charge in [-0.25, -0.2) is 4.79 Å². The summed E-state index contributed by atoms with van der Waals surface area (Å²) in [5.74, 6) is 0.0275. The molecular weight excluding hydrogens is 408 g/mol. The Labute approximate surface area is 181 Å². The summed E-state index contributed by atoms with van der Waals surface area (Å²) < 4.78 is 2.36. The molecule has 2 aromatic carbocycles. The van der Waals surface area contributed by atoms with Gasteiger partial charge in [0, 0.05) is 23.8 Å². The predicted molar refractivity (Wildman–Crippen MR) is 119 cm³/mol. The average molecular weight is 424 g/mol. The molecule has 0 saturated carbocycles. The van der Waals surface area contributed by atoms with Crippen LogP contribution in [-0.2, 0) is 0 Å². The third-order valence-electron chi connectivity index (χ3n) is 4.64. The first-order chi connectivity index (χ1) is 15.7. The van der Waals surface area contributed by atoms with Crippen molar-refractivity contribution >= 4 is 34.5 Å². The largest absolute Gasteiger partial charge is 0.335 e. The molecule has 0 unspecified atom stereocenters. The van der Waals surface area contributed by atoms with Crippen molar-refractivity contribution in [1.82, 2.24) is 29.5 Å². The normalized spacial score (nSPS) is 10.8. The zero-order valence-corrected chi connectivity index (χ0v) is 16.6. The average Bonchev–Trinajstić information content (AvgIpc) is 3.25. The summed E-state index contributed by atoms with van der Waals surface area (Å²) in [7, 11) is 0. The van der Waals surface area contributed by atoms with Crippen LogP contribution in [0.25, 0.3) is 16.9 Å². The van der Waals surface area contributed by atoms with Crippen LogP contribution in [0.3, 0.4) is 0 Å². The van der Waals surface area contributed by atoms with Gasteiger partial charge in [0.1, 0.15) is 0 Å². The molecule has 5 rings (SSSR count). The number of hydrogen-bond donors (Lipinski definition) is 2. The van der Waals surface area contributed by atoms with Crippen molar-refractivity contribution in [2.45, 2.75) is 0 Å². The van der Waals surface area contributed by atoms with Crippen LogP contribution in [-0.4, -0.2) is 35.6 Å². The van der Waals surface area contributed by atoms with E-state index < -0.39 is 11.6 Å². The number of pyridine rings is 1. The number of anilines is 3. The van der Waals surface area contributed by atoms with Crippen LogP contribution in [0, 0.1) is 0 Å². The van der Waals surface area contributed by atoms with Gasteiger partial charge in [0.2, 0.25) is 5.95 Å². The van der Waals surface area contributed by atoms with E-state index in [1.165, 1.54) is 17.1 Å². The van der Waals surface area contributed by atoms with Crippen molar-refractivity contribution in [3.8, 4) is 5.69 Å². The summed E-state index contributed by atoms with van der Waals surface area (Å²) in [6.07, 6.45) is 3.07. The topological polar surface area (TPSA) is 120 Å². The minimum Gasteiger partial charge on any atom is -0.325 e. The van der Waals surface area contributed by atoms with Gasteiger partial charge in [0.15, 0.2) is 11.2 Å². The third kappa shape index (κ3) is 3.56. The second-order valence-electron chi connectivity index (χ2n) is 6.74. The molecule has 0 aliphatic rings. The SMILES string of the molecule is O=C(Nc1ccncc1)n1c(Nc2ccccc2)nc2c(nnn2-c2ccccc2)c1=O. The lowest BCUT2D eigenvalue weighted by Crippen LogP contribution is -2.33. The lowest BCUT2D eigenvalue weighted by molar-refractivity contribution is 0.253. The molecule has 0 bridgehead atoms. The van der Waals surface area contributed by atoms with Gasteiger partial charge in [-0.2, -0.15) is 14.2 Å². The monoisotopic (exact) mass is 424 g/mol. The van der Waals surface area contributed by atoms with Gasteiger partial charge in [-0.3, -0.25) is 9.78 Å². The molecule has 0 fully saturated rings. The van der Waals surface area contributed by atoms with Crippen LogP contribution >= 0.6 is 0 Å². The lowest BCUT2D eigenvalue weighted by atomic mass is 10.3. The van der Waals surface area contributed by atoms with E-state index in [9.17, 15) is 9.59 Å². The highest BCUT2D eigenvalue weighted by atomic mass is 16.2.